The highest BCUT2D eigenvalue weighted by atomic mass is 16.6. The summed E-state index contributed by atoms with van der Waals surface area (Å²) in [6.07, 6.45) is 2.28. The molecular formula is C35H50N12O10. The highest BCUT2D eigenvalue weighted by Gasteiger charge is 2.22. The van der Waals surface area contributed by atoms with Crippen LogP contribution in [0.4, 0.5) is 26.9 Å². The molecule has 0 saturated heterocycles. The van der Waals surface area contributed by atoms with Crippen molar-refractivity contribution in [2.24, 2.45) is 26.1 Å². The molecule has 6 N–H and O–H groups in total. The van der Waals surface area contributed by atoms with Crippen LogP contribution in [0.2, 0.25) is 0 Å². The first-order valence-electron chi connectivity index (χ1n) is 17.7. The Bertz CT molecular complexity index is 2010. The first kappa shape index (κ1) is 44.7. The number of ether oxygens (including phenoxy) is 3. The number of esters is 1. The number of nitrogens with zero attached hydrogens (tertiary/aromatic N) is 6. The summed E-state index contributed by atoms with van der Waals surface area (Å²) in [5.74, 6) is -2.82. The summed E-state index contributed by atoms with van der Waals surface area (Å²) in [7, 11) is 4.74. The van der Waals surface area contributed by atoms with Crippen LogP contribution in [0, 0.1) is 0 Å². The standard InChI is InChI=1S/C35H50N12O10/c1-11-55-30(52)27-42-23(19-47(27)10)40-24(48)12-14-36-28(50)21-16-20(17-45(21)8)38-29(51)26-41-22(18-46(26)9)39-25(49)13-15-37-31(43-32(53)56-34(2,3)4)44-33(54)57-35(5,6)7/h16-19H,11-15H2,1-10H3,(H,36,50)(H,38,51)(H,39,49)(H,40,48)(H2,37,43,44,53,54). The molecule has 0 aliphatic heterocycles. The molecule has 0 unspecified atom stereocenters. The fourth-order valence-electron chi connectivity index (χ4n) is 4.67. The summed E-state index contributed by atoms with van der Waals surface area (Å²) >= 11 is 0. The summed E-state index contributed by atoms with van der Waals surface area (Å²) in [5.41, 5.74) is -1.20. The Labute approximate surface area is 328 Å². The number of aromatic nitrogens is 5. The van der Waals surface area contributed by atoms with Crippen molar-refractivity contribution in [2.45, 2.75) is 72.5 Å². The maximum Gasteiger partial charge on any atom is 0.437 e. The molecule has 0 saturated carbocycles. The van der Waals surface area contributed by atoms with Crippen molar-refractivity contribution >= 4 is 65.1 Å². The zero-order valence-electron chi connectivity index (χ0n) is 33.6. The number of nitrogens with one attached hydrogen (secondary N) is 6. The maximum absolute atomic E-state index is 13.1. The van der Waals surface area contributed by atoms with Gasteiger partial charge < -0.3 is 54.5 Å². The number of alkyl carbamates (subject to hydrolysis) is 1. The highest BCUT2D eigenvalue weighted by molar-refractivity contribution is 6.04. The Kier molecular flexibility index (Phi) is 15.1. The predicted molar refractivity (Wildman–Crippen MR) is 206 cm³/mol. The average molecular weight is 799 g/mol. The van der Waals surface area contributed by atoms with Crippen LogP contribution in [0.15, 0.2) is 29.6 Å². The van der Waals surface area contributed by atoms with Crippen molar-refractivity contribution in [3.05, 3.63) is 42.0 Å². The number of carbonyl (C=O) groups excluding carboxylic acids is 7. The van der Waals surface area contributed by atoms with Gasteiger partial charge in [0, 0.05) is 65.7 Å². The van der Waals surface area contributed by atoms with Gasteiger partial charge in [0.15, 0.2) is 11.6 Å². The van der Waals surface area contributed by atoms with Crippen LogP contribution in [-0.2, 0) is 44.9 Å². The second kappa shape index (κ2) is 19.2. The molecule has 3 heterocycles. The number of aliphatic imine (C=N–C) groups is 1. The number of aryl methyl sites for hydroxylation is 3. The van der Waals surface area contributed by atoms with Crippen molar-refractivity contribution in [3.63, 3.8) is 0 Å². The van der Waals surface area contributed by atoms with Crippen molar-refractivity contribution in [3.8, 4) is 0 Å². The minimum Gasteiger partial charge on any atom is -0.460 e. The fourth-order valence-corrected chi connectivity index (χ4v) is 4.67. The topological polar surface area (TPSA) is 272 Å². The molecule has 0 aliphatic carbocycles. The van der Waals surface area contributed by atoms with E-state index >= 15 is 0 Å². The van der Waals surface area contributed by atoms with E-state index in [-0.39, 0.29) is 73.2 Å². The van der Waals surface area contributed by atoms with Crippen LogP contribution in [0.1, 0.15) is 93.0 Å². The maximum atomic E-state index is 13.1. The van der Waals surface area contributed by atoms with E-state index in [2.05, 4.69) is 46.9 Å². The minimum absolute atomic E-state index is 0.0171. The highest BCUT2D eigenvalue weighted by Crippen LogP contribution is 2.16. The third-order valence-corrected chi connectivity index (χ3v) is 6.94. The lowest BCUT2D eigenvalue weighted by Gasteiger charge is -2.21. The lowest BCUT2D eigenvalue weighted by atomic mass is 10.2. The molecule has 0 fully saturated rings. The van der Waals surface area contributed by atoms with Crippen molar-refractivity contribution < 1.29 is 47.8 Å². The Balaban J connectivity index is 1.52. The molecule has 22 heteroatoms. The van der Waals surface area contributed by atoms with E-state index in [0.29, 0.717) is 0 Å². The van der Waals surface area contributed by atoms with Crippen molar-refractivity contribution in [1.29, 1.82) is 0 Å². The third kappa shape index (κ3) is 14.8. The number of imidazole rings is 2. The van der Waals surface area contributed by atoms with E-state index in [1.54, 1.807) is 69.6 Å². The third-order valence-electron chi connectivity index (χ3n) is 6.94. The summed E-state index contributed by atoms with van der Waals surface area (Å²) in [5, 5.41) is 15.5. The van der Waals surface area contributed by atoms with Crippen LogP contribution in [0.25, 0.3) is 0 Å². The molecule has 0 spiro atoms. The fraction of sp³-hybridized carbons (Fsp3) is 0.486. The molecule has 3 rings (SSSR count). The van der Waals surface area contributed by atoms with Gasteiger partial charge in [-0.25, -0.2) is 24.4 Å². The van der Waals surface area contributed by atoms with Crippen LogP contribution in [0.3, 0.4) is 0 Å². The monoisotopic (exact) mass is 798 g/mol. The summed E-state index contributed by atoms with van der Waals surface area (Å²) < 4.78 is 19.6. The Hall–Kier alpha value is -6.74. The van der Waals surface area contributed by atoms with Gasteiger partial charge in [-0.3, -0.25) is 24.5 Å². The SMILES string of the molecule is CCOC(=O)c1nc(NC(=O)CCNC(=O)c2cc(NC(=O)c3nc(NC(=O)CCNC(=NC(=O)OC(C)(C)C)NC(=O)OC(C)(C)C)cn3C)cn2C)cn1C. The van der Waals surface area contributed by atoms with E-state index < -0.39 is 53.0 Å². The molecular weight excluding hydrogens is 748 g/mol. The summed E-state index contributed by atoms with van der Waals surface area (Å²) in [6.45, 7) is 11.7. The lowest BCUT2D eigenvalue weighted by molar-refractivity contribution is -0.116. The number of guanidine groups is 1. The number of hydrogen-bond acceptors (Lipinski definition) is 12. The first-order valence-corrected chi connectivity index (χ1v) is 17.7. The van der Waals surface area contributed by atoms with Gasteiger partial charge in [0.25, 0.3) is 11.8 Å². The van der Waals surface area contributed by atoms with Crippen LogP contribution in [-0.4, -0.2) is 102 Å². The van der Waals surface area contributed by atoms with E-state index in [1.165, 1.54) is 38.4 Å². The number of hydrogen-bond donors (Lipinski definition) is 6. The van der Waals surface area contributed by atoms with Crippen molar-refractivity contribution in [2.75, 3.05) is 35.6 Å². The van der Waals surface area contributed by atoms with E-state index in [4.69, 9.17) is 14.2 Å². The van der Waals surface area contributed by atoms with E-state index in [9.17, 15) is 33.6 Å². The normalized spacial score (nSPS) is 11.6. The van der Waals surface area contributed by atoms with Gasteiger partial charge in [0.1, 0.15) is 16.9 Å². The van der Waals surface area contributed by atoms with Gasteiger partial charge >= 0.3 is 18.2 Å². The molecule has 3 aromatic heterocycles. The number of anilines is 3. The van der Waals surface area contributed by atoms with Crippen LogP contribution < -0.4 is 31.9 Å². The van der Waals surface area contributed by atoms with Gasteiger partial charge in [-0.1, -0.05) is 0 Å². The van der Waals surface area contributed by atoms with Gasteiger partial charge in [-0.2, -0.15) is 0 Å². The molecule has 57 heavy (non-hydrogen) atoms. The van der Waals surface area contributed by atoms with Crippen LogP contribution >= 0.6 is 0 Å². The molecule has 310 valence electrons. The lowest BCUT2D eigenvalue weighted by Crippen LogP contribution is -2.45. The predicted octanol–water partition coefficient (Wildman–Crippen LogP) is 2.41. The Morgan fingerprint density at radius 3 is 1.81 bits per heavy atom. The number of rotatable bonds is 13. The van der Waals surface area contributed by atoms with Gasteiger partial charge in [-0.15, -0.1) is 4.99 Å². The summed E-state index contributed by atoms with van der Waals surface area (Å²) in [4.78, 5) is 99.6. The minimum atomic E-state index is -0.978. The average Bonchev–Trinajstić information content (AvgIpc) is 3.73. The van der Waals surface area contributed by atoms with Crippen LogP contribution in [0.5, 0.6) is 0 Å². The molecule has 0 radical (unpaired) electrons. The molecule has 0 bridgehead atoms. The summed E-state index contributed by atoms with van der Waals surface area (Å²) in [6, 6.07) is 1.44. The first-order chi connectivity index (χ1) is 26.5. The molecule has 0 aliphatic rings. The smallest absolute Gasteiger partial charge is 0.437 e. The van der Waals surface area contributed by atoms with E-state index in [0.717, 1.165) is 0 Å². The quantitative estimate of drug-likeness (QED) is 0.0628. The number of amides is 6. The largest absolute Gasteiger partial charge is 0.460 e. The Morgan fingerprint density at radius 1 is 0.702 bits per heavy atom. The second-order valence-electron chi connectivity index (χ2n) is 14.4. The van der Waals surface area contributed by atoms with Crippen molar-refractivity contribution in [1.82, 2.24) is 39.6 Å². The molecule has 0 aromatic carbocycles. The van der Waals surface area contributed by atoms with Gasteiger partial charge in [0.05, 0.1) is 12.3 Å². The van der Waals surface area contributed by atoms with E-state index in [1.807, 2.05) is 0 Å². The number of carbonyl (C=O) groups is 7. The molecule has 6 amide bonds. The molecule has 22 nitrogen and oxygen atoms in total. The molecule has 0 atom stereocenters. The zero-order valence-corrected chi connectivity index (χ0v) is 33.6. The zero-order chi connectivity index (χ0) is 42.7. The van der Waals surface area contributed by atoms with Gasteiger partial charge in [-0.05, 0) is 54.5 Å². The molecule has 3 aromatic rings. The second-order valence-corrected chi connectivity index (χ2v) is 14.4. The Morgan fingerprint density at radius 2 is 1.25 bits per heavy atom. The van der Waals surface area contributed by atoms with Gasteiger partial charge in [0.2, 0.25) is 29.4 Å².